The van der Waals surface area contributed by atoms with Gasteiger partial charge >= 0.3 is 5.97 Å². The minimum atomic E-state index is -1.24. The van der Waals surface area contributed by atoms with Crippen molar-refractivity contribution in [1.29, 1.82) is 0 Å². The van der Waals surface area contributed by atoms with Gasteiger partial charge in [-0.25, -0.2) is 13.6 Å². The van der Waals surface area contributed by atoms with E-state index in [4.69, 9.17) is 5.11 Å². The number of hydrogen-bond acceptors (Lipinski definition) is 3. The van der Waals surface area contributed by atoms with Crippen LogP contribution in [0, 0.1) is 11.6 Å². The molecule has 0 bridgehead atoms. The predicted molar refractivity (Wildman–Crippen MR) is 68.2 cm³/mol. The minimum absolute atomic E-state index is 0.179. The first-order chi connectivity index (χ1) is 8.97. The fraction of sp³-hybridized carbons (Fsp3) is 0.333. The zero-order chi connectivity index (χ0) is 14.4. The molecule has 7 heteroatoms. The topological polar surface area (TPSA) is 66.4 Å². The van der Waals surface area contributed by atoms with Gasteiger partial charge in [-0.3, -0.25) is 4.79 Å². The van der Waals surface area contributed by atoms with Gasteiger partial charge < -0.3 is 10.4 Å². The van der Waals surface area contributed by atoms with Gasteiger partial charge in [0.15, 0.2) is 0 Å². The molecule has 0 fully saturated rings. The van der Waals surface area contributed by atoms with E-state index in [0.29, 0.717) is 5.75 Å². The van der Waals surface area contributed by atoms with Crippen LogP contribution in [0.2, 0.25) is 0 Å². The third-order valence-corrected chi connectivity index (χ3v) is 3.05. The number of carbonyl (C=O) groups is 2. The zero-order valence-electron chi connectivity index (χ0n) is 10.2. The van der Waals surface area contributed by atoms with Crippen LogP contribution in [0.4, 0.5) is 8.78 Å². The molecule has 1 aromatic carbocycles. The van der Waals surface area contributed by atoms with Crippen molar-refractivity contribution in [1.82, 2.24) is 5.32 Å². The zero-order valence-corrected chi connectivity index (χ0v) is 11.0. The molecular weight excluding hydrogens is 276 g/mol. The average molecular weight is 289 g/mol. The summed E-state index contributed by atoms with van der Waals surface area (Å²) in [6.45, 7) is 0. The molecule has 1 atom stereocenters. The van der Waals surface area contributed by atoms with Gasteiger partial charge in [-0.15, -0.1) is 0 Å². The first kappa shape index (κ1) is 15.4. The molecule has 0 aliphatic heterocycles. The molecular formula is C12H13F2NO3S. The Balaban J connectivity index is 2.85. The van der Waals surface area contributed by atoms with E-state index < -0.39 is 35.1 Å². The van der Waals surface area contributed by atoms with Crippen molar-refractivity contribution >= 4 is 23.6 Å². The normalized spacial score (nSPS) is 11.9. The van der Waals surface area contributed by atoms with E-state index in [-0.39, 0.29) is 6.42 Å². The van der Waals surface area contributed by atoms with Gasteiger partial charge in [0.25, 0.3) is 5.91 Å². The van der Waals surface area contributed by atoms with Crippen LogP contribution in [-0.2, 0) is 4.79 Å². The Bertz CT molecular complexity index is 462. The van der Waals surface area contributed by atoms with Gasteiger partial charge in [0.1, 0.15) is 23.2 Å². The molecule has 0 aliphatic carbocycles. The lowest BCUT2D eigenvalue weighted by molar-refractivity contribution is -0.139. The van der Waals surface area contributed by atoms with Crippen molar-refractivity contribution in [2.45, 2.75) is 12.5 Å². The molecule has 0 aromatic heterocycles. The summed E-state index contributed by atoms with van der Waals surface area (Å²) < 4.78 is 26.7. The van der Waals surface area contributed by atoms with E-state index in [1.54, 1.807) is 6.26 Å². The second-order valence-corrected chi connectivity index (χ2v) is 4.73. The van der Waals surface area contributed by atoms with Crippen molar-refractivity contribution in [2.75, 3.05) is 12.0 Å². The number of halogens is 2. The summed E-state index contributed by atoms with van der Waals surface area (Å²) in [7, 11) is 0. The molecule has 0 saturated heterocycles. The standard InChI is InChI=1S/C12H13F2NO3S/c1-19-6-5-9(12(17)18)15-11(16)10-7(13)3-2-4-8(10)14/h2-4,9H,5-6H2,1H3,(H,15,16)(H,17,18)/t9-/m0/s1. The van der Waals surface area contributed by atoms with Crippen LogP contribution in [0.3, 0.4) is 0 Å². The maximum absolute atomic E-state index is 13.4. The van der Waals surface area contributed by atoms with Crippen molar-refractivity contribution in [3.63, 3.8) is 0 Å². The molecule has 0 radical (unpaired) electrons. The number of carboxylic acid groups (broad SMARTS) is 1. The smallest absolute Gasteiger partial charge is 0.326 e. The van der Waals surface area contributed by atoms with Crippen LogP contribution in [0.5, 0.6) is 0 Å². The van der Waals surface area contributed by atoms with Gasteiger partial charge in [-0.05, 0) is 30.6 Å². The molecule has 2 N–H and O–H groups in total. The second kappa shape index (κ2) is 7.08. The summed E-state index contributed by atoms with van der Waals surface area (Å²) in [6.07, 6.45) is 1.97. The quantitative estimate of drug-likeness (QED) is 0.839. The third kappa shape index (κ3) is 4.20. The molecule has 1 aromatic rings. The van der Waals surface area contributed by atoms with E-state index >= 15 is 0 Å². The lowest BCUT2D eigenvalue weighted by Gasteiger charge is -2.14. The van der Waals surface area contributed by atoms with Crippen molar-refractivity contribution in [2.24, 2.45) is 0 Å². The molecule has 4 nitrogen and oxygen atoms in total. The molecule has 0 spiro atoms. The highest BCUT2D eigenvalue weighted by molar-refractivity contribution is 7.98. The fourth-order valence-corrected chi connectivity index (χ4v) is 1.91. The number of carboxylic acids is 1. The summed E-state index contributed by atoms with van der Waals surface area (Å²) in [5, 5.41) is 11.0. The first-order valence-electron chi connectivity index (χ1n) is 5.44. The van der Waals surface area contributed by atoms with E-state index in [2.05, 4.69) is 5.32 Å². The Morgan fingerprint density at radius 3 is 2.42 bits per heavy atom. The molecule has 0 aliphatic rings. The molecule has 0 saturated carbocycles. The Morgan fingerprint density at radius 1 is 1.37 bits per heavy atom. The lowest BCUT2D eigenvalue weighted by atomic mass is 10.1. The summed E-state index contributed by atoms with van der Waals surface area (Å²) >= 11 is 1.41. The number of amides is 1. The van der Waals surface area contributed by atoms with Gasteiger partial charge in [0.2, 0.25) is 0 Å². The van der Waals surface area contributed by atoms with Crippen LogP contribution in [0.15, 0.2) is 18.2 Å². The highest BCUT2D eigenvalue weighted by Gasteiger charge is 2.23. The Morgan fingerprint density at radius 2 is 1.95 bits per heavy atom. The van der Waals surface area contributed by atoms with E-state index in [0.717, 1.165) is 18.2 Å². The van der Waals surface area contributed by atoms with Gasteiger partial charge in [0.05, 0.1) is 0 Å². The van der Waals surface area contributed by atoms with Crippen LogP contribution in [-0.4, -0.2) is 35.0 Å². The third-order valence-electron chi connectivity index (χ3n) is 2.40. The molecule has 104 valence electrons. The van der Waals surface area contributed by atoms with Crippen LogP contribution in [0.25, 0.3) is 0 Å². The maximum Gasteiger partial charge on any atom is 0.326 e. The molecule has 1 rings (SSSR count). The number of benzene rings is 1. The number of rotatable bonds is 6. The number of carbonyl (C=O) groups excluding carboxylic acids is 1. The number of nitrogens with one attached hydrogen (secondary N) is 1. The van der Waals surface area contributed by atoms with Gasteiger partial charge in [-0.1, -0.05) is 6.07 Å². The van der Waals surface area contributed by atoms with Gasteiger partial charge in [0, 0.05) is 0 Å². The summed E-state index contributed by atoms with van der Waals surface area (Å²) in [6, 6.07) is 1.84. The highest BCUT2D eigenvalue weighted by Crippen LogP contribution is 2.12. The second-order valence-electron chi connectivity index (χ2n) is 3.74. The number of hydrogen-bond donors (Lipinski definition) is 2. The van der Waals surface area contributed by atoms with E-state index in [1.807, 2.05) is 0 Å². The molecule has 1 amide bonds. The minimum Gasteiger partial charge on any atom is -0.480 e. The molecule has 0 heterocycles. The molecule has 19 heavy (non-hydrogen) atoms. The predicted octanol–water partition coefficient (Wildman–Crippen LogP) is 1.90. The molecule has 0 unspecified atom stereocenters. The average Bonchev–Trinajstić information content (AvgIpc) is 2.33. The van der Waals surface area contributed by atoms with E-state index in [9.17, 15) is 18.4 Å². The Labute approximate surface area is 113 Å². The summed E-state index contributed by atoms with van der Waals surface area (Å²) in [5.41, 5.74) is -0.766. The van der Waals surface area contributed by atoms with Crippen LogP contribution < -0.4 is 5.32 Å². The van der Waals surface area contributed by atoms with E-state index in [1.165, 1.54) is 11.8 Å². The highest BCUT2D eigenvalue weighted by atomic mass is 32.2. The number of thioether (sulfide) groups is 1. The summed E-state index contributed by atoms with van der Waals surface area (Å²) in [4.78, 5) is 22.6. The first-order valence-corrected chi connectivity index (χ1v) is 6.83. The fourth-order valence-electron chi connectivity index (χ4n) is 1.44. The SMILES string of the molecule is CSCC[C@H](NC(=O)c1c(F)cccc1F)C(=O)O. The maximum atomic E-state index is 13.4. The Kier molecular flexibility index (Phi) is 5.75. The van der Waals surface area contributed by atoms with Gasteiger partial charge in [-0.2, -0.15) is 11.8 Å². The van der Waals surface area contributed by atoms with Crippen molar-refractivity contribution in [3.05, 3.63) is 35.4 Å². The number of aliphatic carboxylic acids is 1. The lowest BCUT2D eigenvalue weighted by Crippen LogP contribution is -2.41. The van der Waals surface area contributed by atoms with Crippen molar-refractivity contribution < 1.29 is 23.5 Å². The Hall–Kier alpha value is -1.63. The summed E-state index contributed by atoms with van der Waals surface area (Å²) in [5.74, 6) is -3.84. The van der Waals surface area contributed by atoms with Crippen LogP contribution >= 0.6 is 11.8 Å². The van der Waals surface area contributed by atoms with Crippen molar-refractivity contribution in [3.8, 4) is 0 Å². The largest absolute Gasteiger partial charge is 0.480 e. The van der Waals surface area contributed by atoms with Crippen LogP contribution in [0.1, 0.15) is 16.8 Å². The monoisotopic (exact) mass is 289 g/mol.